The fourth-order valence-corrected chi connectivity index (χ4v) is 3.02. The summed E-state index contributed by atoms with van der Waals surface area (Å²) in [4.78, 5) is 23.5. The van der Waals surface area contributed by atoms with E-state index in [-0.39, 0.29) is 11.6 Å². The van der Waals surface area contributed by atoms with E-state index in [2.05, 4.69) is 5.16 Å². The number of likely N-dealkylation sites (tertiary alicyclic amines) is 1. The molecule has 0 amide bonds. The molecule has 1 aliphatic heterocycles. The molecule has 0 radical (unpaired) electrons. The summed E-state index contributed by atoms with van der Waals surface area (Å²) in [7, 11) is 0. The van der Waals surface area contributed by atoms with Gasteiger partial charge in [-0.15, -0.1) is 0 Å². The van der Waals surface area contributed by atoms with Crippen LogP contribution in [0.25, 0.3) is 11.0 Å². The number of hydrogen-bond acceptors (Lipinski definition) is 5. The van der Waals surface area contributed by atoms with Crippen molar-refractivity contribution in [2.45, 2.75) is 18.8 Å². The average molecular weight is 334 g/mol. The molecular formula is C16H15FN2O5. The summed E-state index contributed by atoms with van der Waals surface area (Å²) in [6.07, 6.45) is 1.91. The minimum atomic E-state index is -1.29. The van der Waals surface area contributed by atoms with Crippen LogP contribution in [0.3, 0.4) is 0 Å². The van der Waals surface area contributed by atoms with Gasteiger partial charge in [-0.2, -0.15) is 0 Å². The van der Waals surface area contributed by atoms with E-state index < -0.39 is 17.8 Å². The first-order valence-corrected chi connectivity index (χ1v) is 7.43. The van der Waals surface area contributed by atoms with Gasteiger partial charge in [-0.05, 0) is 25.0 Å². The highest BCUT2D eigenvalue weighted by atomic mass is 19.1. The Kier molecular flexibility index (Phi) is 4.20. The monoisotopic (exact) mass is 334 g/mol. The Hall–Kier alpha value is -2.90. The molecule has 1 fully saturated rings. The molecule has 0 saturated carbocycles. The SMILES string of the molecule is O=C(O)/C=C(/C(=O)O)N1CCC(c2noc3cc(F)ccc23)CC1. The zero-order valence-electron chi connectivity index (χ0n) is 12.6. The van der Waals surface area contributed by atoms with E-state index >= 15 is 0 Å². The molecular weight excluding hydrogens is 319 g/mol. The fraction of sp³-hybridized carbons (Fsp3) is 0.312. The third kappa shape index (κ3) is 3.08. The van der Waals surface area contributed by atoms with Gasteiger partial charge in [-0.25, -0.2) is 14.0 Å². The van der Waals surface area contributed by atoms with Gasteiger partial charge in [0.2, 0.25) is 0 Å². The van der Waals surface area contributed by atoms with Gasteiger partial charge in [0.1, 0.15) is 11.5 Å². The topological polar surface area (TPSA) is 104 Å². The number of piperidine rings is 1. The molecule has 0 spiro atoms. The molecule has 0 bridgehead atoms. The van der Waals surface area contributed by atoms with Gasteiger partial charge in [0.05, 0.1) is 11.8 Å². The summed E-state index contributed by atoms with van der Waals surface area (Å²) in [6, 6.07) is 4.24. The number of carboxylic acid groups (broad SMARTS) is 2. The summed E-state index contributed by atoms with van der Waals surface area (Å²) in [5, 5.41) is 22.7. The van der Waals surface area contributed by atoms with Crippen molar-refractivity contribution in [3.8, 4) is 0 Å². The van der Waals surface area contributed by atoms with Crippen LogP contribution in [-0.2, 0) is 9.59 Å². The van der Waals surface area contributed by atoms with Crippen LogP contribution in [0.2, 0.25) is 0 Å². The lowest BCUT2D eigenvalue weighted by Gasteiger charge is -2.32. The summed E-state index contributed by atoms with van der Waals surface area (Å²) in [5.74, 6) is -2.91. The Balaban J connectivity index is 1.77. The van der Waals surface area contributed by atoms with Crippen LogP contribution in [0.15, 0.2) is 34.5 Å². The highest BCUT2D eigenvalue weighted by Gasteiger charge is 2.28. The van der Waals surface area contributed by atoms with E-state index in [0.717, 1.165) is 11.1 Å². The van der Waals surface area contributed by atoms with Crippen LogP contribution in [0, 0.1) is 5.82 Å². The second-order valence-electron chi connectivity index (χ2n) is 5.64. The van der Waals surface area contributed by atoms with E-state index in [9.17, 15) is 14.0 Å². The molecule has 1 aromatic heterocycles. The third-order valence-electron chi connectivity index (χ3n) is 4.16. The molecule has 24 heavy (non-hydrogen) atoms. The first kappa shape index (κ1) is 16.0. The van der Waals surface area contributed by atoms with Crippen molar-refractivity contribution in [3.05, 3.63) is 41.5 Å². The van der Waals surface area contributed by atoms with Gasteiger partial charge < -0.3 is 19.6 Å². The summed E-state index contributed by atoms with van der Waals surface area (Å²) < 4.78 is 18.4. The highest BCUT2D eigenvalue weighted by molar-refractivity contribution is 5.94. The lowest BCUT2D eigenvalue weighted by atomic mass is 9.91. The number of carbonyl (C=O) groups is 2. The zero-order valence-corrected chi connectivity index (χ0v) is 12.6. The molecule has 8 heteroatoms. The second-order valence-corrected chi connectivity index (χ2v) is 5.64. The second kappa shape index (κ2) is 6.31. The maximum atomic E-state index is 13.2. The van der Waals surface area contributed by atoms with E-state index in [1.807, 2.05) is 0 Å². The van der Waals surface area contributed by atoms with E-state index in [1.165, 1.54) is 17.0 Å². The molecule has 0 atom stereocenters. The minimum absolute atomic E-state index is 0.0489. The number of hydrogen-bond donors (Lipinski definition) is 2. The fourth-order valence-electron chi connectivity index (χ4n) is 3.02. The van der Waals surface area contributed by atoms with Crippen molar-refractivity contribution < 1.29 is 28.7 Å². The lowest BCUT2D eigenvalue weighted by molar-refractivity contribution is -0.136. The Labute approximate surface area is 136 Å². The minimum Gasteiger partial charge on any atom is -0.478 e. The van der Waals surface area contributed by atoms with Crippen LogP contribution in [-0.4, -0.2) is 45.3 Å². The van der Waals surface area contributed by atoms with Crippen molar-refractivity contribution in [3.63, 3.8) is 0 Å². The smallest absolute Gasteiger partial charge is 0.352 e. The molecule has 1 saturated heterocycles. The standard InChI is InChI=1S/C16H15FN2O5/c17-10-1-2-11-13(7-10)24-18-15(11)9-3-5-19(6-4-9)12(16(22)23)8-14(20)21/h1-2,7-9H,3-6H2,(H,20,21)(H,22,23)/b12-8-. The normalized spacial score (nSPS) is 16.5. The Bertz CT molecular complexity index is 821. The van der Waals surface area contributed by atoms with E-state index in [1.54, 1.807) is 6.07 Å². The van der Waals surface area contributed by atoms with Crippen molar-refractivity contribution in [2.75, 3.05) is 13.1 Å². The average Bonchev–Trinajstić information content (AvgIpc) is 2.95. The molecule has 2 N–H and O–H groups in total. The van der Waals surface area contributed by atoms with Gasteiger partial charge >= 0.3 is 11.9 Å². The number of aromatic nitrogens is 1. The van der Waals surface area contributed by atoms with Gasteiger partial charge in [-0.3, -0.25) is 0 Å². The Morgan fingerprint density at radius 3 is 2.62 bits per heavy atom. The first-order chi connectivity index (χ1) is 11.5. The number of aliphatic carboxylic acids is 2. The van der Waals surface area contributed by atoms with Crippen LogP contribution < -0.4 is 0 Å². The van der Waals surface area contributed by atoms with Crippen molar-refractivity contribution >= 4 is 22.9 Å². The number of nitrogens with zero attached hydrogens (tertiary/aromatic N) is 2. The molecule has 7 nitrogen and oxygen atoms in total. The van der Waals surface area contributed by atoms with Crippen molar-refractivity contribution in [1.82, 2.24) is 10.1 Å². The van der Waals surface area contributed by atoms with Gasteiger partial charge in [0, 0.05) is 30.5 Å². The Morgan fingerprint density at radius 1 is 1.29 bits per heavy atom. The van der Waals surface area contributed by atoms with Gasteiger partial charge in [0.15, 0.2) is 5.58 Å². The van der Waals surface area contributed by atoms with Gasteiger partial charge in [0.25, 0.3) is 0 Å². The number of carboxylic acids is 2. The Morgan fingerprint density at radius 2 is 2.00 bits per heavy atom. The summed E-state index contributed by atoms with van der Waals surface area (Å²) >= 11 is 0. The molecule has 1 aromatic carbocycles. The molecule has 3 rings (SSSR count). The molecule has 0 unspecified atom stereocenters. The van der Waals surface area contributed by atoms with E-state index in [0.29, 0.717) is 37.6 Å². The maximum absolute atomic E-state index is 13.2. The molecule has 2 aromatic rings. The highest BCUT2D eigenvalue weighted by Crippen LogP contribution is 2.33. The first-order valence-electron chi connectivity index (χ1n) is 7.43. The molecule has 0 aliphatic carbocycles. The number of halogens is 1. The largest absolute Gasteiger partial charge is 0.478 e. The third-order valence-corrected chi connectivity index (χ3v) is 4.16. The van der Waals surface area contributed by atoms with Crippen LogP contribution in [0.1, 0.15) is 24.5 Å². The van der Waals surface area contributed by atoms with Crippen LogP contribution >= 0.6 is 0 Å². The summed E-state index contributed by atoms with van der Waals surface area (Å²) in [6.45, 7) is 0.789. The van der Waals surface area contributed by atoms with Crippen molar-refractivity contribution in [1.29, 1.82) is 0 Å². The molecule has 126 valence electrons. The predicted molar refractivity (Wildman–Crippen MR) is 80.9 cm³/mol. The predicted octanol–water partition coefficient (Wildman–Crippen LogP) is 2.20. The molecule has 1 aliphatic rings. The number of rotatable bonds is 4. The van der Waals surface area contributed by atoms with Crippen LogP contribution in [0.4, 0.5) is 4.39 Å². The maximum Gasteiger partial charge on any atom is 0.352 e. The van der Waals surface area contributed by atoms with Crippen molar-refractivity contribution in [2.24, 2.45) is 0 Å². The quantitative estimate of drug-likeness (QED) is 0.826. The van der Waals surface area contributed by atoms with Crippen LogP contribution in [0.5, 0.6) is 0 Å². The number of benzene rings is 1. The molecule has 2 heterocycles. The van der Waals surface area contributed by atoms with Gasteiger partial charge in [-0.1, -0.05) is 5.16 Å². The lowest BCUT2D eigenvalue weighted by Crippen LogP contribution is -2.35. The van der Waals surface area contributed by atoms with E-state index in [4.69, 9.17) is 14.7 Å². The summed E-state index contributed by atoms with van der Waals surface area (Å²) in [5.41, 5.74) is 0.876. The number of fused-ring (bicyclic) bond motifs is 1. The zero-order chi connectivity index (χ0) is 17.3.